The third-order valence-corrected chi connectivity index (χ3v) is 5.11. The van der Waals surface area contributed by atoms with Crippen molar-refractivity contribution >= 4 is 28.7 Å². The van der Waals surface area contributed by atoms with E-state index in [-0.39, 0.29) is 0 Å². The molecule has 0 amide bonds. The number of rotatable bonds is 5. The lowest BCUT2D eigenvalue weighted by molar-refractivity contribution is 0.650. The van der Waals surface area contributed by atoms with Gasteiger partial charge in [0.25, 0.3) is 10.9 Å². The van der Waals surface area contributed by atoms with Crippen molar-refractivity contribution in [3.8, 4) is 0 Å². The molecule has 1 fully saturated rings. The van der Waals surface area contributed by atoms with E-state index in [9.17, 15) is 9.59 Å². The zero-order valence-electron chi connectivity index (χ0n) is 14.7. The average molecular weight is 383 g/mol. The summed E-state index contributed by atoms with van der Waals surface area (Å²) in [6.07, 6.45) is 3.41. The number of hydrogen-bond donors (Lipinski definition) is 1. The molecule has 0 aliphatic carbocycles. The van der Waals surface area contributed by atoms with Crippen LogP contribution in [-0.4, -0.2) is 31.2 Å². The van der Waals surface area contributed by atoms with Crippen LogP contribution in [0.5, 0.6) is 0 Å². The Kier molecular flexibility index (Phi) is 4.81. The summed E-state index contributed by atoms with van der Waals surface area (Å²) in [7, 11) is 0. The van der Waals surface area contributed by atoms with Crippen LogP contribution < -0.4 is 26.0 Å². The Balaban J connectivity index is 1.44. The highest BCUT2D eigenvalue weighted by Crippen LogP contribution is 2.25. The minimum atomic E-state index is -0.434. The highest BCUT2D eigenvalue weighted by atomic mass is 35.5. The third-order valence-electron chi connectivity index (χ3n) is 4.87. The summed E-state index contributed by atoms with van der Waals surface area (Å²) in [6, 6.07) is 11.5. The van der Waals surface area contributed by atoms with Gasteiger partial charge in [0.05, 0.1) is 0 Å². The van der Waals surface area contributed by atoms with Crippen molar-refractivity contribution in [3.63, 3.8) is 0 Å². The average Bonchev–Trinajstić information content (AvgIpc) is 2.71. The summed E-state index contributed by atoms with van der Waals surface area (Å²) in [5, 5.41) is 3.83. The van der Waals surface area contributed by atoms with Gasteiger partial charge in [-0.1, -0.05) is 17.7 Å². The second kappa shape index (κ2) is 7.40. The van der Waals surface area contributed by atoms with Crippen molar-refractivity contribution in [2.24, 2.45) is 0 Å². The summed E-state index contributed by atoms with van der Waals surface area (Å²) in [5.74, 6) is 0. The fourth-order valence-electron chi connectivity index (χ4n) is 3.40. The molecule has 2 heterocycles. The summed E-state index contributed by atoms with van der Waals surface area (Å²) < 4.78 is 0. The van der Waals surface area contributed by atoms with E-state index < -0.39 is 10.9 Å². The van der Waals surface area contributed by atoms with Gasteiger partial charge in [-0.2, -0.15) is 0 Å². The van der Waals surface area contributed by atoms with E-state index >= 15 is 0 Å². The maximum atomic E-state index is 12.1. The summed E-state index contributed by atoms with van der Waals surface area (Å²) in [5.41, 5.74) is 2.19. The molecular formula is C20H19ClN4O2. The Morgan fingerprint density at radius 2 is 1.67 bits per heavy atom. The number of piperazine rings is 1. The molecule has 1 saturated heterocycles. The van der Waals surface area contributed by atoms with Crippen LogP contribution in [0.15, 0.2) is 58.4 Å². The Morgan fingerprint density at radius 1 is 0.963 bits per heavy atom. The molecule has 3 aromatic rings. The quantitative estimate of drug-likeness (QED) is 0.683. The van der Waals surface area contributed by atoms with Crippen LogP contribution in [0.2, 0.25) is 5.02 Å². The van der Waals surface area contributed by atoms with Crippen LogP contribution in [0.25, 0.3) is 0 Å². The molecule has 1 aromatic heterocycles. The van der Waals surface area contributed by atoms with Crippen molar-refractivity contribution in [1.82, 2.24) is 4.98 Å². The highest BCUT2D eigenvalue weighted by Gasteiger charge is 2.28. The lowest BCUT2D eigenvalue weighted by Crippen LogP contribution is -2.51. The van der Waals surface area contributed by atoms with Gasteiger partial charge in [0.2, 0.25) is 0 Å². The maximum absolute atomic E-state index is 12.1. The smallest absolute Gasteiger partial charge is 0.253 e. The second-order valence-corrected chi connectivity index (χ2v) is 6.98. The van der Waals surface area contributed by atoms with Gasteiger partial charge >= 0.3 is 0 Å². The van der Waals surface area contributed by atoms with Crippen molar-refractivity contribution in [1.29, 1.82) is 0 Å². The lowest BCUT2D eigenvalue weighted by Gasteiger charge is -2.38. The molecule has 0 atom stereocenters. The van der Waals surface area contributed by atoms with E-state index in [1.165, 1.54) is 0 Å². The molecule has 1 N–H and O–H groups in total. The monoisotopic (exact) mass is 382 g/mol. The van der Waals surface area contributed by atoms with Gasteiger partial charge in [-0.25, -0.2) is 0 Å². The molecule has 0 saturated carbocycles. The van der Waals surface area contributed by atoms with Gasteiger partial charge in [0.1, 0.15) is 11.4 Å². The first-order valence-corrected chi connectivity index (χ1v) is 9.23. The SMILES string of the molecule is O=c1c(NCc2ccncc2)c(N2CCN(c3cccc(Cl)c3)CC2)c1=O. The van der Waals surface area contributed by atoms with E-state index in [1.807, 2.05) is 41.3 Å². The van der Waals surface area contributed by atoms with Gasteiger partial charge in [0, 0.05) is 55.8 Å². The first kappa shape index (κ1) is 17.5. The van der Waals surface area contributed by atoms with Gasteiger partial charge in [-0.15, -0.1) is 0 Å². The molecule has 4 rings (SSSR count). The first-order chi connectivity index (χ1) is 13.1. The molecule has 2 aromatic carbocycles. The van der Waals surface area contributed by atoms with Gasteiger partial charge in [-0.3, -0.25) is 14.6 Å². The number of benzene rings is 1. The molecule has 0 spiro atoms. The van der Waals surface area contributed by atoms with Gasteiger partial charge < -0.3 is 15.1 Å². The van der Waals surface area contributed by atoms with Crippen LogP contribution >= 0.6 is 11.6 Å². The van der Waals surface area contributed by atoms with E-state index in [2.05, 4.69) is 15.2 Å². The Morgan fingerprint density at radius 3 is 2.37 bits per heavy atom. The van der Waals surface area contributed by atoms with Crippen LogP contribution in [0.4, 0.5) is 17.1 Å². The number of hydrogen-bond acceptors (Lipinski definition) is 6. The summed E-state index contributed by atoms with van der Waals surface area (Å²) in [4.78, 5) is 32.4. The van der Waals surface area contributed by atoms with Crippen molar-refractivity contribution in [3.05, 3.63) is 79.8 Å². The minimum Gasteiger partial charge on any atom is -0.376 e. The van der Waals surface area contributed by atoms with Gasteiger partial charge in [-0.05, 0) is 35.9 Å². The number of halogens is 1. The van der Waals surface area contributed by atoms with Crippen molar-refractivity contribution in [2.75, 3.05) is 41.3 Å². The molecule has 0 unspecified atom stereocenters. The van der Waals surface area contributed by atoms with E-state index in [1.54, 1.807) is 12.4 Å². The molecule has 7 heteroatoms. The Labute approximate surface area is 161 Å². The van der Waals surface area contributed by atoms with Crippen LogP contribution in [0, 0.1) is 0 Å². The van der Waals surface area contributed by atoms with Crippen molar-refractivity contribution in [2.45, 2.75) is 6.54 Å². The Bertz CT molecular complexity index is 1010. The molecule has 1 aliphatic rings. The van der Waals surface area contributed by atoms with E-state index in [4.69, 9.17) is 11.6 Å². The number of anilines is 3. The molecular weight excluding hydrogens is 364 g/mol. The predicted octanol–water partition coefficient (Wildman–Crippen LogP) is 2.27. The van der Waals surface area contributed by atoms with Crippen LogP contribution in [0.3, 0.4) is 0 Å². The summed E-state index contributed by atoms with van der Waals surface area (Å²) >= 11 is 6.08. The fraction of sp³-hybridized carbons (Fsp3) is 0.250. The number of pyridine rings is 1. The van der Waals surface area contributed by atoms with Crippen LogP contribution in [0.1, 0.15) is 5.56 Å². The molecule has 0 bridgehead atoms. The Hall–Kier alpha value is -2.86. The topological polar surface area (TPSA) is 65.5 Å². The minimum absolute atomic E-state index is 0.400. The molecule has 6 nitrogen and oxygen atoms in total. The lowest BCUT2D eigenvalue weighted by atomic mass is 10.1. The summed E-state index contributed by atoms with van der Waals surface area (Å²) in [6.45, 7) is 3.39. The molecule has 138 valence electrons. The fourth-order valence-corrected chi connectivity index (χ4v) is 3.58. The van der Waals surface area contributed by atoms with E-state index in [0.717, 1.165) is 24.3 Å². The molecule has 0 radical (unpaired) electrons. The second-order valence-electron chi connectivity index (χ2n) is 6.54. The van der Waals surface area contributed by atoms with E-state index in [0.29, 0.717) is 36.0 Å². The zero-order chi connectivity index (χ0) is 18.8. The van der Waals surface area contributed by atoms with Crippen molar-refractivity contribution < 1.29 is 0 Å². The zero-order valence-corrected chi connectivity index (χ0v) is 15.4. The number of nitrogens with zero attached hydrogens (tertiary/aromatic N) is 3. The third kappa shape index (κ3) is 3.53. The van der Waals surface area contributed by atoms with Crippen LogP contribution in [-0.2, 0) is 6.54 Å². The van der Waals surface area contributed by atoms with Gasteiger partial charge in [0.15, 0.2) is 0 Å². The maximum Gasteiger partial charge on any atom is 0.253 e. The normalized spacial score (nSPS) is 14.6. The first-order valence-electron chi connectivity index (χ1n) is 8.85. The highest BCUT2D eigenvalue weighted by molar-refractivity contribution is 6.30. The largest absolute Gasteiger partial charge is 0.376 e. The molecule has 1 aliphatic heterocycles. The standard InChI is InChI=1S/C20H19ClN4O2/c21-15-2-1-3-16(12-15)24-8-10-25(11-9-24)18-17(19(26)20(18)27)23-13-14-4-6-22-7-5-14/h1-7,12,23H,8-11,13H2. The number of nitrogens with one attached hydrogen (secondary N) is 1. The molecule has 27 heavy (non-hydrogen) atoms. The predicted molar refractivity (Wildman–Crippen MR) is 109 cm³/mol. The number of aromatic nitrogens is 1.